The number of halogens is 3. The van der Waals surface area contributed by atoms with Crippen molar-refractivity contribution in [2.24, 2.45) is 5.92 Å². The largest absolute Gasteiger partial charge is 0.445 e. The molecule has 0 aliphatic carbocycles. The Bertz CT molecular complexity index is 651. The number of amides is 1. The Morgan fingerprint density at radius 1 is 1.32 bits per heavy atom. The van der Waals surface area contributed by atoms with Gasteiger partial charge in [0.05, 0.1) is 6.26 Å². The molecule has 0 aromatic carbocycles. The van der Waals surface area contributed by atoms with Crippen LogP contribution in [0.5, 0.6) is 0 Å². The first kappa shape index (κ1) is 17.1. The van der Waals surface area contributed by atoms with Gasteiger partial charge in [-0.1, -0.05) is 11.3 Å². The van der Waals surface area contributed by atoms with Gasteiger partial charge in [0.25, 0.3) is 0 Å². The Kier molecular flexibility index (Phi) is 4.73. The fraction of sp³-hybridized carbons (Fsp3) is 0.700. The third-order valence-corrected chi connectivity index (χ3v) is 5.38. The third kappa shape index (κ3) is 4.14. The van der Waals surface area contributed by atoms with Crippen molar-refractivity contribution in [2.45, 2.75) is 19.0 Å². The van der Waals surface area contributed by atoms with Crippen molar-refractivity contribution in [2.75, 3.05) is 24.7 Å². The molecule has 7 nitrogen and oxygen atoms in total. The molecule has 2 heterocycles. The van der Waals surface area contributed by atoms with Gasteiger partial charge in [-0.05, 0) is 12.8 Å². The van der Waals surface area contributed by atoms with Crippen molar-refractivity contribution < 1.29 is 26.4 Å². The molecule has 0 bridgehead atoms. The summed E-state index contributed by atoms with van der Waals surface area (Å²) in [6, 6.07) is 0. The summed E-state index contributed by atoms with van der Waals surface area (Å²) in [6.07, 6.45) is -2.89. The predicted molar refractivity (Wildman–Crippen MR) is 72.7 cm³/mol. The van der Waals surface area contributed by atoms with Crippen LogP contribution in [0.25, 0.3) is 0 Å². The standard InChI is InChI=1S/C10H13F3N4O3S2/c1-22(19,20)17-4-2-6(3-5-17)7(18)14-9-16-15-8(21-9)10(11,12)13/h6H,2-5H2,1H3,(H,14,16,18). The Labute approximate surface area is 128 Å². The summed E-state index contributed by atoms with van der Waals surface area (Å²) in [7, 11) is -3.29. The van der Waals surface area contributed by atoms with Crippen LogP contribution < -0.4 is 5.32 Å². The third-order valence-electron chi connectivity index (χ3n) is 3.19. The molecule has 0 unspecified atom stereocenters. The first-order valence-electron chi connectivity index (χ1n) is 6.24. The maximum Gasteiger partial charge on any atom is 0.445 e. The molecular weight excluding hydrogens is 345 g/mol. The van der Waals surface area contributed by atoms with Gasteiger partial charge in [0.2, 0.25) is 26.1 Å². The van der Waals surface area contributed by atoms with Gasteiger partial charge in [-0.15, -0.1) is 10.2 Å². The lowest BCUT2D eigenvalue weighted by molar-refractivity contribution is -0.138. The maximum absolute atomic E-state index is 12.4. The molecule has 124 valence electrons. The van der Waals surface area contributed by atoms with Crippen molar-refractivity contribution in [3.8, 4) is 0 Å². The number of rotatable bonds is 3. The van der Waals surface area contributed by atoms with Crippen molar-refractivity contribution in [1.82, 2.24) is 14.5 Å². The van der Waals surface area contributed by atoms with Gasteiger partial charge in [0.15, 0.2) is 0 Å². The first-order valence-corrected chi connectivity index (χ1v) is 8.90. The Morgan fingerprint density at radius 2 is 1.91 bits per heavy atom. The van der Waals surface area contributed by atoms with Crippen LogP contribution in [0, 0.1) is 5.92 Å². The summed E-state index contributed by atoms with van der Waals surface area (Å²) < 4.78 is 61.1. The Balaban J connectivity index is 1.93. The van der Waals surface area contributed by atoms with E-state index in [0.29, 0.717) is 12.8 Å². The molecule has 1 saturated heterocycles. The van der Waals surface area contributed by atoms with E-state index >= 15 is 0 Å². The van der Waals surface area contributed by atoms with Crippen LogP contribution in [0.1, 0.15) is 17.8 Å². The molecule has 12 heteroatoms. The molecule has 0 spiro atoms. The number of piperidine rings is 1. The second-order valence-electron chi connectivity index (χ2n) is 4.84. The number of carbonyl (C=O) groups excluding carboxylic acids is 1. The number of carbonyl (C=O) groups is 1. The van der Waals surface area contributed by atoms with Crippen LogP contribution in [-0.2, 0) is 21.0 Å². The summed E-state index contributed by atoms with van der Waals surface area (Å²) in [5, 5.41) is 7.20. The maximum atomic E-state index is 12.4. The minimum atomic E-state index is -4.60. The molecule has 0 radical (unpaired) electrons. The van der Waals surface area contributed by atoms with Crippen molar-refractivity contribution in [3.05, 3.63) is 5.01 Å². The van der Waals surface area contributed by atoms with E-state index < -0.39 is 33.0 Å². The van der Waals surface area contributed by atoms with Gasteiger partial charge in [-0.25, -0.2) is 12.7 Å². The zero-order chi connectivity index (χ0) is 16.5. The van der Waals surface area contributed by atoms with Gasteiger partial charge >= 0.3 is 6.18 Å². The highest BCUT2D eigenvalue weighted by Gasteiger charge is 2.36. The van der Waals surface area contributed by atoms with E-state index in [1.165, 1.54) is 4.31 Å². The predicted octanol–water partition coefficient (Wildman–Crippen LogP) is 1.17. The average Bonchev–Trinajstić information content (AvgIpc) is 2.86. The van der Waals surface area contributed by atoms with Crippen molar-refractivity contribution in [1.29, 1.82) is 0 Å². The highest BCUT2D eigenvalue weighted by atomic mass is 32.2. The SMILES string of the molecule is CS(=O)(=O)N1CCC(C(=O)Nc2nnc(C(F)(F)F)s2)CC1. The lowest BCUT2D eigenvalue weighted by atomic mass is 9.97. The van der Waals surface area contributed by atoms with Crippen LogP contribution in [0.3, 0.4) is 0 Å². The highest BCUT2D eigenvalue weighted by Crippen LogP contribution is 2.33. The number of aromatic nitrogens is 2. The number of nitrogens with zero attached hydrogens (tertiary/aromatic N) is 3. The van der Waals surface area contributed by atoms with E-state index in [2.05, 4.69) is 15.5 Å². The van der Waals surface area contributed by atoms with E-state index in [-0.39, 0.29) is 29.6 Å². The summed E-state index contributed by atoms with van der Waals surface area (Å²) in [6.45, 7) is 0.418. The van der Waals surface area contributed by atoms with Crippen molar-refractivity contribution in [3.63, 3.8) is 0 Å². The lowest BCUT2D eigenvalue weighted by Gasteiger charge is -2.29. The van der Waals surface area contributed by atoms with Gasteiger partial charge in [0, 0.05) is 19.0 Å². The molecule has 0 atom stereocenters. The second-order valence-corrected chi connectivity index (χ2v) is 7.80. The fourth-order valence-electron chi connectivity index (χ4n) is 2.05. The zero-order valence-electron chi connectivity index (χ0n) is 11.4. The van der Waals surface area contributed by atoms with E-state index in [1.54, 1.807) is 0 Å². The number of hydrogen-bond acceptors (Lipinski definition) is 6. The molecule has 1 aliphatic rings. The monoisotopic (exact) mass is 358 g/mol. The van der Waals surface area contributed by atoms with Crippen LogP contribution >= 0.6 is 11.3 Å². The van der Waals surface area contributed by atoms with Crippen LogP contribution in [0.4, 0.5) is 18.3 Å². The summed E-state index contributed by atoms with van der Waals surface area (Å²) >= 11 is 0.251. The van der Waals surface area contributed by atoms with Gasteiger partial charge in [-0.3, -0.25) is 4.79 Å². The molecule has 22 heavy (non-hydrogen) atoms. The quantitative estimate of drug-likeness (QED) is 0.876. The lowest BCUT2D eigenvalue weighted by Crippen LogP contribution is -2.40. The minimum Gasteiger partial charge on any atom is -0.300 e. The van der Waals surface area contributed by atoms with Crippen LogP contribution in [-0.4, -0.2) is 48.2 Å². The van der Waals surface area contributed by atoms with E-state index in [9.17, 15) is 26.4 Å². The zero-order valence-corrected chi connectivity index (χ0v) is 13.1. The molecule has 1 aromatic heterocycles. The van der Waals surface area contributed by atoms with Gasteiger partial charge < -0.3 is 5.32 Å². The molecule has 1 aliphatic heterocycles. The molecular formula is C10H13F3N4O3S2. The number of hydrogen-bond donors (Lipinski definition) is 1. The van der Waals surface area contributed by atoms with E-state index in [1.807, 2.05) is 0 Å². The summed E-state index contributed by atoms with van der Waals surface area (Å²) in [5.41, 5.74) is 0. The molecule has 1 fully saturated rings. The number of anilines is 1. The first-order chi connectivity index (χ1) is 10.1. The smallest absolute Gasteiger partial charge is 0.300 e. The van der Waals surface area contributed by atoms with Crippen LogP contribution in [0.2, 0.25) is 0 Å². The average molecular weight is 358 g/mol. The van der Waals surface area contributed by atoms with E-state index in [4.69, 9.17) is 0 Å². The fourth-order valence-corrected chi connectivity index (χ4v) is 3.53. The molecule has 1 aromatic rings. The molecule has 2 rings (SSSR count). The van der Waals surface area contributed by atoms with Crippen LogP contribution in [0.15, 0.2) is 0 Å². The second kappa shape index (κ2) is 6.08. The number of sulfonamides is 1. The van der Waals surface area contributed by atoms with Gasteiger partial charge in [-0.2, -0.15) is 13.2 Å². The van der Waals surface area contributed by atoms with E-state index in [0.717, 1.165) is 6.26 Å². The Hall–Kier alpha value is -1.27. The highest BCUT2D eigenvalue weighted by molar-refractivity contribution is 7.88. The summed E-state index contributed by atoms with van der Waals surface area (Å²) in [4.78, 5) is 12.0. The van der Waals surface area contributed by atoms with Crippen molar-refractivity contribution >= 4 is 32.4 Å². The molecule has 0 saturated carbocycles. The topological polar surface area (TPSA) is 92.3 Å². The Morgan fingerprint density at radius 3 is 2.36 bits per heavy atom. The molecule has 1 N–H and O–H groups in total. The summed E-state index contributed by atoms with van der Waals surface area (Å²) in [5.74, 6) is -0.936. The normalized spacial score (nSPS) is 18.4. The number of nitrogens with one attached hydrogen (secondary N) is 1. The number of alkyl halides is 3. The minimum absolute atomic E-state index is 0.209. The molecule has 1 amide bonds. The van der Waals surface area contributed by atoms with Gasteiger partial charge in [0.1, 0.15) is 0 Å².